The number of thioether (sulfide) groups is 1. The monoisotopic (exact) mass is 320 g/mol. The molecule has 0 aliphatic rings. The van der Waals surface area contributed by atoms with E-state index in [4.69, 9.17) is 0 Å². The zero-order valence-corrected chi connectivity index (χ0v) is 13.7. The van der Waals surface area contributed by atoms with Crippen LogP contribution in [0.2, 0.25) is 0 Å². The molecule has 8 heteroatoms. The van der Waals surface area contributed by atoms with E-state index >= 15 is 0 Å². The third-order valence-electron chi connectivity index (χ3n) is 3.31. The zero-order chi connectivity index (χ0) is 15.9. The highest BCUT2D eigenvalue weighted by molar-refractivity contribution is 7.98. The molecule has 118 valence electrons. The normalized spacial score (nSPS) is 12.0. The van der Waals surface area contributed by atoms with Gasteiger partial charge >= 0.3 is 6.03 Å². The highest BCUT2D eigenvalue weighted by atomic mass is 32.2. The molecule has 0 aliphatic carbocycles. The summed E-state index contributed by atoms with van der Waals surface area (Å²) in [6.45, 7) is 3.93. The molecule has 0 saturated carbocycles. The maximum absolute atomic E-state index is 12.3. The molecule has 1 atom stereocenters. The first kappa shape index (κ1) is 16.3. The predicted octanol–water partition coefficient (Wildman–Crippen LogP) is 2.43. The number of H-pyrrole nitrogens is 1. The van der Waals surface area contributed by atoms with Gasteiger partial charge in [0.1, 0.15) is 0 Å². The third kappa shape index (κ3) is 4.20. The minimum absolute atomic E-state index is 0.268. The van der Waals surface area contributed by atoms with Crippen LogP contribution in [0.25, 0.3) is 0 Å². The number of para-hydroxylation sites is 1. The molecule has 22 heavy (non-hydrogen) atoms. The van der Waals surface area contributed by atoms with Gasteiger partial charge in [-0.25, -0.2) is 4.79 Å². The first-order valence-corrected chi connectivity index (χ1v) is 8.37. The summed E-state index contributed by atoms with van der Waals surface area (Å²) < 4.78 is 0. The number of anilines is 1. The molecule has 1 aromatic heterocycles. The molecule has 2 aromatic rings. The Balaban J connectivity index is 2.05. The Bertz CT molecular complexity index is 596. The van der Waals surface area contributed by atoms with E-state index in [1.54, 1.807) is 11.8 Å². The van der Waals surface area contributed by atoms with Crippen molar-refractivity contribution in [2.45, 2.75) is 26.3 Å². The quantitative estimate of drug-likeness (QED) is 0.760. The van der Waals surface area contributed by atoms with Gasteiger partial charge in [0, 0.05) is 5.69 Å². The van der Waals surface area contributed by atoms with Gasteiger partial charge in [-0.1, -0.05) is 23.4 Å². The third-order valence-corrected chi connectivity index (χ3v) is 3.95. The van der Waals surface area contributed by atoms with Crippen molar-refractivity contribution in [2.24, 2.45) is 0 Å². The van der Waals surface area contributed by atoms with E-state index in [9.17, 15) is 4.79 Å². The Morgan fingerprint density at radius 3 is 2.68 bits per heavy atom. The fourth-order valence-corrected chi connectivity index (χ4v) is 2.61. The lowest BCUT2D eigenvalue weighted by Crippen LogP contribution is -2.34. The predicted molar refractivity (Wildman–Crippen MR) is 88.0 cm³/mol. The molecule has 0 aliphatic heterocycles. The average molecular weight is 320 g/mol. The minimum atomic E-state index is -0.270. The standard InChI is InChI=1S/C14H20N6OS/c1-9-5-4-6-10(2)12(9)16-14(21)15-11(7-8-22-3)13-17-19-20-18-13/h4-6,11H,7-8H2,1-3H3,(H2,15,16,21)(H,17,18,19,20)/t11-/m0/s1. The summed E-state index contributed by atoms with van der Waals surface area (Å²) in [6.07, 6.45) is 2.75. The summed E-state index contributed by atoms with van der Waals surface area (Å²) in [5, 5.41) is 19.7. The van der Waals surface area contributed by atoms with E-state index in [0.29, 0.717) is 5.82 Å². The Morgan fingerprint density at radius 1 is 1.36 bits per heavy atom. The topological polar surface area (TPSA) is 95.6 Å². The second kappa shape index (κ2) is 7.79. The van der Waals surface area contributed by atoms with Gasteiger partial charge in [0.25, 0.3) is 0 Å². The molecular formula is C14H20N6OS. The summed E-state index contributed by atoms with van der Waals surface area (Å²) in [6, 6.07) is 5.36. The highest BCUT2D eigenvalue weighted by Crippen LogP contribution is 2.20. The number of hydrogen-bond donors (Lipinski definition) is 3. The number of urea groups is 1. The van der Waals surface area contributed by atoms with Crippen LogP contribution in [0.4, 0.5) is 10.5 Å². The Labute approximate surface area is 133 Å². The number of aryl methyl sites for hydroxylation is 2. The molecule has 0 radical (unpaired) electrons. The fourth-order valence-electron chi connectivity index (χ4n) is 2.14. The van der Waals surface area contributed by atoms with Crippen LogP contribution in [-0.2, 0) is 0 Å². The summed E-state index contributed by atoms with van der Waals surface area (Å²) in [5.41, 5.74) is 2.88. The maximum Gasteiger partial charge on any atom is 0.319 e. The van der Waals surface area contributed by atoms with Crippen LogP contribution in [0, 0.1) is 13.8 Å². The van der Waals surface area contributed by atoms with Gasteiger partial charge in [0.05, 0.1) is 6.04 Å². The van der Waals surface area contributed by atoms with Crippen LogP contribution in [0.3, 0.4) is 0 Å². The van der Waals surface area contributed by atoms with Crippen LogP contribution in [0.15, 0.2) is 18.2 Å². The van der Waals surface area contributed by atoms with Crippen molar-refractivity contribution in [1.82, 2.24) is 25.9 Å². The lowest BCUT2D eigenvalue weighted by molar-refractivity contribution is 0.247. The number of nitrogens with one attached hydrogen (secondary N) is 3. The number of amides is 2. The molecule has 2 amide bonds. The van der Waals surface area contributed by atoms with Gasteiger partial charge in [-0.05, 0) is 43.4 Å². The number of nitrogens with zero attached hydrogens (tertiary/aromatic N) is 3. The van der Waals surface area contributed by atoms with Crippen molar-refractivity contribution in [3.05, 3.63) is 35.2 Å². The lowest BCUT2D eigenvalue weighted by Gasteiger charge is -2.17. The SMILES string of the molecule is CSCC[C@H](NC(=O)Nc1c(C)cccc1C)c1nn[nH]n1. The Morgan fingerprint density at radius 2 is 2.09 bits per heavy atom. The molecule has 0 spiro atoms. The number of aromatic nitrogens is 4. The minimum Gasteiger partial charge on any atom is -0.328 e. The molecule has 1 aromatic carbocycles. The number of hydrogen-bond acceptors (Lipinski definition) is 5. The van der Waals surface area contributed by atoms with Crippen LogP contribution < -0.4 is 10.6 Å². The summed E-state index contributed by atoms with van der Waals surface area (Å²) >= 11 is 1.71. The summed E-state index contributed by atoms with van der Waals surface area (Å²) in [7, 11) is 0. The van der Waals surface area contributed by atoms with Crippen molar-refractivity contribution in [1.29, 1.82) is 0 Å². The maximum atomic E-state index is 12.3. The molecule has 0 bridgehead atoms. The number of rotatable bonds is 6. The number of carbonyl (C=O) groups is 1. The molecule has 3 N–H and O–H groups in total. The van der Waals surface area contributed by atoms with Crippen molar-refractivity contribution in [3.8, 4) is 0 Å². The zero-order valence-electron chi connectivity index (χ0n) is 12.9. The van der Waals surface area contributed by atoms with Gasteiger partial charge in [-0.15, -0.1) is 10.2 Å². The Kier molecular flexibility index (Phi) is 5.76. The van der Waals surface area contributed by atoms with Crippen LogP contribution in [-0.4, -0.2) is 38.7 Å². The van der Waals surface area contributed by atoms with Gasteiger partial charge in [0.15, 0.2) is 5.82 Å². The largest absolute Gasteiger partial charge is 0.328 e. The molecule has 1 heterocycles. The van der Waals surface area contributed by atoms with E-state index in [1.807, 2.05) is 38.3 Å². The van der Waals surface area contributed by atoms with Gasteiger partial charge in [-0.2, -0.15) is 17.0 Å². The first-order valence-electron chi connectivity index (χ1n) is 6.98. The molecule has 0 saturated heterocycles. The number of aromatic amines is 1. The number of tetrazole rings is 1. The molecule has 7 nitrogen and oxygen atoms in total. The van der Waals surface area contributed by atoms with Gasteiger partial charge in [-0.3, -0.25) is 0 Å². The van der Waals surface area contributed by atoms with Gasteiger partial charge < -0.3 is 10.6 Å². The summed E-state index contributed by atoms with van der Waals surface area (Å²) in [4.78, 5) is 12.3. The number of benzene rings is 1. The van der Waals surface area contributed by atoms with Crippen LogP contribution >= 0.6 is 11.8 Å². The average Bonchev–Trinajstić information content (AvgIpc) is 3.01. The molecule has 0 fully saturated rings. The van der Waals surface area contributed by atoms with Crippen molar-refractivity contribution in [3.63, 3.8) is 0 Å². The van der Waals surface area contributed by atoms with Gasteiger partial charge in [0.2, 0.25) is 0 Å². The van der Waals surface area contributed by atoms with Crippen molar-refractivity contribution >= 4 is 23.5 Å². The van der Waals surface area contributed by atoms with E-state index in [2.05, 4.69) is 31.3 Å². The molecule has 2 rings (SSSR count). The van der Waals surface area contributed by atoms with Crippen LogP contribution in [0.5, 0.6) is 0 Å². The van der Waals surface area contributed by atoms with E-state index in [0.717, 1.165) is 29.0 Å². The molecule has 0 unspecified atom stereocenters. The fraction of sp³-hybridized carbons (Fsp3) is 0.429. The Hall–Kier alpha value is -2.09. The second-order valence-corrected chi connectivity index (χ2v) is 5.95. The number of carbonyl (C=O) groups excluding carboxylic acids is 1. The summed E-state index contributed by atoms with van der Waals surface area (Å²) in [5.74, 6) is 1.38. The van der Waals surface area contributed by atoms with Crippen molar-refractivity contribution < 1.29 is 4.79 Å². The second-order valence-electron chi connectivity index (χ2n) is 4.97. The smallest absolute Gasteiger partial charge is 0.319 e. The first-order chi connectivity index (χ1) is 10.6. The highest BCUT2D eigenvalue weighted by Gasteiger charge is 2.19. The molecular weight excluding hydrogens is 300 g/mol. The van der Waals surface area contributed by atoms with Crippen molar-refractivity contribution in [2.75, 3.05) is 17.3 Å². The van der Waals surface area contributed by atoms with E-state index < -0.39 is 0 Å². The van der Waals surface area contributed by atoms with E-state index in [1.165, 1.54) is 0 Å². The van der Waals surface area contributed by atoms with E-state index in [-0.39, 0.29) is 12.1 Å². The lowest BCUT2D eigenvalue weighted by atomic mass is 10.1. The van der Waals surface area contributed by atoms with Crippen LogP contribution in [0.1, 0.15) is 29.4 Å².